The average Bonchev–Trinajstić information content (AvgIpc) is 3.24. The average molecular weight is 538 g/mol. The van der Waals surface area contributed by atoms with E-state index in [9.17, 15) is 4.79 Å². The molecular weight excluding hydrogens is 506 g/mol. The third-order valence-electron chi connectivity index (χ3n) is 6.67. The Morgan fingerprint density at radius 1 is 1.27 bits per heavy atom. The minimum absolute atomic E-state index is 0.172. The summed E-state index contributed by atoms with van der Waals surface area (Å²) >= 11 is 7.88. The first-order valence-electron chi connectivity index (χ1n) is 12.1. The molecule has 10 heteroatoms. The van der Waals surface area contributed by atoms with Gasteiger partial charge in [0.1, 0.15) is 11.2 Å². The van der Waals surface area contributed by atoms with Crippen LogP contribution < -0.4 is 26.6 Å². The van der Waals surface area contributed by atoms with Gasteiger partial charge in [-0.15, -0.1) is 11.3 Å². The molecule has 8 nitrogen and oxygen atoms in total. The van der Waals surface area contributed by atoms with Gasteiger partial charge in [0.15, 0.2) is 0 Å². The number of thiophene rings is 1. The van der Waals surface area contributed by atoms with Crippen molar-refractivity contribution in [3.8, 4) is 0 Å². The van der Waals surface area contributed by atoms with Gasteiger partial charge in [-0.3, -0.25) is 14.6 Å². The van der Waals surface area contributed by atoms with Crippen LogP contribution >= 0.6 is 22.9 Å². The number of anilines is 4. The van der Waals surface area contributed by atoms with Crippen LogP contribution in [0.1, 0.15) is 38.8 Å². The highest BCUT2D eigenvalue weighted by Gasteiger charge is 2.24. The van der Waals surface area contributed by atoms with Gasteiger partial charge in [0.05, 0.1) is 30.3 Å². The maximum absolute atomic E-state index is 13.3. The minimum Gasteiger partial charge on any atom is -0.389 e. The molecule has 1 amide bonds. The van der Waals surface area contributed by atoms with Gasteiger partial charge in [-0.2, -0.15) is 0 Å². The standard InChI is InChI=1S/C27H32ClN7OS/c1-16-5-7-20-19(23(16)32-27(36)21-13-37-25(29)24(21)33(2)3)9-10-30-26(20)31-18-6-8-22(28)17(11-18)12-35-14-34(4)15-35/h5-11,13,26,30-31H,12,14-15,29H2,1-4H3,(H,32,36). The van der Waals surface area contributed by atoms with E-state index in [1.54, 1.807) is 0 Å². The summed E-state index contributed by atoms with van der Waals surface area (Å²) in [7, 11) is 5.88. The molecule has 37 heavy (non-hydrogen) atoms. The second-order valence-electron chi connectivity index (χ2n) is 9.82. The number of hydrogen-bond acceptors (Lipinski definition) is 8. The summed E-state index contributed by atoms with van der Waals surface area (Å²) in [5.41, 5.74) is 13.3. The second-order valence-corrected chi connectivity index (χ2v) is 11.1. The Labute approximate surface area is 226 Å². The zero-order valence-electron chi connectivity index (χ0n) is 21.4. The molecule has 5 N–H and O–H groups in total. The molecule has 1 fully saturated rings. The Bertz CT molecular complexity index is 1360. The molecule has 2 aromatic carbocycles. The van der Waals surface area contributed by atoms with Crippen LogP contribution in [0.4, 0.5) is 22.1 Å². The lowest BCUT2D eigenvalue weighted by molar-refractivity contribution is -0.0153. The predicted octanol–water partition coefficient (Wildman–Crippen LogP) is 4.96. The van der Waals surface area contributed by atoms with E-state index >= 15 is 0 Å². The van der Waals surface area contributed by atoms with Crippen LogP contribution in [-0.4, -0.2) is 50.2 Å². The monoisotopic (exact) mass is 537 g/mol. The largest absolute Gasteiger partial charge is 0.389 e. The number of nitrogen functional groups attached to an aromatic ring is 1. The lowest BCUT2D eigenvalue weighted by Crippen LogP contribution is -2.52. The molecule has 3 heterocycles. The van der Waals surface area contributed by atoms with Crippen molar-refractivity contribution in [2.24, 2.45) is 0 Å². The lowest BCUT2D eigenvalue weighted by Gasteiger charge is -2.40. The highest BCUT2D eigenvalue weighted by atomic mass is 35.5. The smallest absolute Gasteiger partial charge is 0.258 e. The van der Waals surface area contributed by atoms with E-state index in [0.29, 0.717) is 10.6 Å². The molecule has 3 aromatic rings. The lowest BCUT2D eigenvalue weighted by atomic mass is 9.96. The number of rotatable bonds is 7. The number of nitrogens with two attached hydrogens (primary N) is 1. The van der Waals surface area contributed by atoms with E-state index in [4.69, 9.17) is 17.3 Å². The molecule has 5 rings (SSSR count). The Hall–Kier alpha value is -3.24. The third-order valence-corrected chi connectivity index (χ3v) is 7.84. The number of aryl methyl sites for hydroxylation is 1. The van der Waals surface area contributed by atoms with Crippen molar-refractivity contribution in [1.29, 1.82) is 0 Å². The summed E-state index contributed by atoms with van der Waals surface area (Å²) in [5.74, 6) is -0.177. The van der Waals surface area contributed by atoms with E-state index in [1.165, 1.54) is 11.3 Å². The molecule has 1 atom stereocenters. The normalized spacial score (nSPS) is 17.1. The Balaban J connectivity index is 1.39. The fourth-order valence-corrected chi connectivity index (χ4v) is 5.93. The number of amides is 1. The van der Waals surface area contributed by atoms with Crippen molar-refractivity contribution in [2.45, 2.75) is 19.6 Å². The summed E-state index contributed by atoms with van der Waals surface area (Å²) in [6, 6.07) is 10.2. The zero-order valence-corrected chi connectivity index (χ0v) is 23.0. The molecule has 1 aromatic heterocycles. The first-order chi connectivity index (χ1) is 17.7. The zero-order chi connectivity index (χ0) is 26.3. The van der Waals surface area contributed by atoms with Crippen molar-refractivity contribution in [3.05, 3.63) is 74.8 Å². The fourth-order valence-electron chi connectivity index (χ4n) is 4.88. The van der Waals surface area contributed by atoms with Crippen LogP contribution in [0.2, 0.25) is 5.02 Å². The fraction of sp³-hybridized carbons (Fsp3) is 0.296. The van der Waals surface area contributed by atoms with Gasteiger partial charge in [0, 0.05) is 47.9 Å². The van der Waals surface area contributed by atoms with Gasteiger partial charge in [-0.05, 0) is 55.6 Å². The molecule has 1 saturated heterocycles. The van der Waals surface area contributed by atoms with E-state index < -0.39 is 0 Å². The highest BCUT2D eigenvalue weighted by Crippen LogP contribution is 2.36. The number of hydrogen-bond donors (Lipinski definition) is 4. The van der Waals surface area contributed by atoms with E-state index in [-0.39, 0.29) is 12.1 Å². The van der Waals surface area contributed by atoms with Crippen molar-refractivity contribution >= 4 is 57.0 Å². The van der Waals surface area contributed by atoms with Crippen molar-refractivity contribution in [2.75, 3.05) is 55.7 Å². The minimum atomic E-state index is -0.177. The molecule has 194 valence electrons. The van der Waals surface area contributed by atoms with Crippen LogP contribution in [0.5, 0.6) is 0 Å². The highest BCUT2D eigenvalue weighted by molar-refractivity contribution is 7.15. The number of nitrogens with one attached hydrogen (secondary N) is 3. The molecule has 0 saturated carbocycles. The number of carbonyl (C=O) groups is 1. The van der Waals surface area contributed by atoms with E-state index in [0.717, 1.165) is 64.2 Å². The summed E-state index contributed by atoms with van der Waals surface area (Å²) in [6.07, 6.45) is 3.74. The van der Waals surface area contributed by atoms with Gasteiger partial charge in [-0.25, -0.2) is 0 Å². The maximum atomic E-state index is 13.3. The number of halogens is 1. The van der Waals surface area contributed by atoms with Gasteiger partial charge in [0.25, 0.3) is 5.91 Å². The molecule has 0 aliphatic carbocycles. The third kappa shape index (κ3) is 5.13. The second kappa shape index (κ2) is 10.3. The SMILES string of the molecule is Cc1ccc2c(c1NC(=O)c1csc(N)c1N(C)C)C=CNC2Nc1ccc(Cl)c(CN2CN(C)C2)c1. The number of nitrogens with zero attached hydrogens (tertiary/aromatic N) is 3. The number of carbonyl (C=O) groups excluding carboxylic acids is 1. The first-order valence-corrected chi connectivity index (χ1v) is 13.3. The Kier molecular flexibility index (Phi) is 7.04. The summed E-state index contributed by atoms with van der Waals surface area (Å²) in [5, 5.41) is 13.4. The van der Waals surface area contributed by atoms with Crippen LogP contribution in [0.25, 0.3) is 6.08 Å². The Morgan fingerprint density at radius 2 is 2.05 bits per heavy atom. The summed E-state index contributed by atoms with van der Waals surface area (Å²) < 4.78 is 0. The number of benzene rings is 2. The first kappa shape index (κ1) is 25.4. The number of fused-ring (bicyclic) bond motifs is 1. The van der Waals surface area contributed by atoms with Crippen molar-refractivity contribution in [1.82, 2.24) is 15.1 Å². The van der Waals surface area contributed by atoms with Gasteiger partial charge >= 0.3 is 0 Å². The summed E-state index contributed by atoms with van der Waals surface area (Å²) in [6.45, 7) is 4.70. The quantitative estimate of drug-likeness (QED) is 0.339. The van der Waals surface area contributed by atoms with Gasteiger partial charge < -0.3 is 26.6 Å². The Morgan fingerprint density at radius 3 is 2.78 bits per heavy atom. The molecule has 0 spiro atoms. The topological polar surface area (TPSA) is 88.9 Å². The van der Waals surface area contributed by atoms with E-state index in [1.807, 2.05) is 61.8 Å². The molecule has 0 radical (unpaired) electrons. The van der Waals surface area contributed by atoms with Crippen molar-refractivity contribution < 1.29 is 4.79 Å². The maximum Gasteiger partial charge on any atom is 0.258 e. The molecule has 2 aliphatic heterocycles. The molecule has 2 aliphatic rings. The summed E-state index contributed by atoms with van der Waals surface area (Å²) in [4.78, 5) is 19.8. The van der Waals surface area contributed by atoms with Gasteiger partial charge in [0.2, 0.25) is 0 Å². The van der Waals surface area contributed by atoms with Crippen molar-refractivity contribution in [3.63, 3.8) is 0 Å². The van der Waals surface area contributed by atoms with Crippen LogP contribution in [0.3, 0.4) is 0 Å². The van der Waals surface area contributed by atoms with E-state index in [2.05, 4.69) is 44.9 Å². The van der Waals surface area contributed by atoms with Crippen LogP contribution in [-0.2, 0) is 6.54 Å². The van der Waals surface area contributed by atoms with Crippen LogP contribution in [0, 0.1) is 6.92 Å². The molecule has 1 unspecified atom stereocenters. The van der Waals surface area contributed by atoms with Gasteiger partial charge in [-0.1, -0.05) is 23.7 Å². The van der Waals surface area contributed by atoms with Crippen LogP contribution in [0.15, 0.2) is 41.9 Å². The molecule has 0 bridgehead atoms. The predicted molar refractivity (Wildman–Crippen MR) is 155 cm³/mol. The molecular formula is C27H32ClN7OS.